The van der Waals surface area contributed by atoms with E-state index < -0.39 is 13.5 Å². The molecule has 1 amide bonds. The summed E-state index contributed by atoms with van der Waals surface area (Å²) in [5.74, 6) is -0.136. The van der Waals surface area contributed by atoms with E-state index in [2.05, 4.69) is 0 Å². The first-order valence-corrected chi connectivity index (χ1v) is 6.32. The van der Waals surface area contributed by atoms with E-state index in [1.54, 1.807) is 18.2 Å². The van der Waals surface area contributed by atoms with E-state index in [1.165, 1.54) is 12.1 Å². The van der Waals surface area contributed by atoms with Crippen LogP contribution in [-0.4, -0.2) is 27.6 Å². The predicted molar refractivity (Wildman–Crippen MR) is 58.2 cm³/mol. The second-order valence-corrected chi connectivity index (χ2v) is 4.63. The van der Waals surface area contributed by atoms with E-state index in [9.17, 15) is 19.5 Å². The van der Waals surface area contributed by atoms with Crippen molar-refractivity contribution in [3.8, 4) is 0 Å². The van der Waals surface area contributed by atoms with E-state index in [4.69, 9.17) is 4.89 Å². The van der Waals surface area contributed by atoms with E-state index in [1.807, 2.05) is 0 Å². The summed E-state index contributed by atoms with van der Waals surface area (Å²) < 4.78 is 10.4. The van der Waals surface area contributed by atoms with Crippen LogP contribution in [0, 0.1) is 0 Å². The van der Waals surface area contributed by atoms with Crippen molar-refractivity contribution in [1.29, 1.82) is 0 Å². The van der Waals surface area contributed by atoms with Crippen LogP contribution in [-0.2, 0) is 4.57 Å². The van der Waals surface area contributed by atoms with Crippen molar-refractivity contribution in [2.75, 3.05) is 6.54 Å². The Labute approximate surface area is 126 Å². The fourth-order valence-corrected chi connectivity index (χ4v) is 1.45. The molecule has 92 valence electrons. The third-order valence-corrected chi connectivity index (χ3v) is 2.41. The number of benzene rings is 1. The first kappa shape index (κ1) is 17.5. The normalized spacial score (nSPS) is 13.7. The number of carbonyl (C=O) groups excluding carboxylic acids is 1. The second-order valence-electron chi connectivity index (χ2n) is 3.20. The number of rotatable bonds is 4. The number of carbonyl (C=O) groups is 1. The summed E-state index contributed by atoms with van der Waals surface area (Å²) in [5, 5.41) is 9.68. The molecule has 0 aromatic heterocycles. The average molecular weight is 279 g/mol. The van der Waals surface area contributed by atoms with Crippen molar-refractivity contribution in [3.63, 3.8) is 0 Å². The van der Waals surface area contributed by atoms with Gasteiger partial charge in [0.25, 0.3) is 5.91 Å². The van der Waals surface area contributed by atoms with Crippen LogP contribution in [0.5, 0.6) is 0 Å². The van der Waals surface area contributed by atoms with Crippen LogP contribution in [0.3, 0.4) is 0 Å². The molecular weight excluding hydrogens is 268 g/mol. The molecule has 0 aliphatic heterocycles. The number of hydroxylamine groups is 2. The molecule has 8 heteroatoms. The zero-order valence-corrected chi connectivity index (χ0v) is 12.7. The number of amides is 1. The van der Waals surface area contributed by atoms with Crippen molar-refractivity contribution in [1.82, 2.24) is 5.06 Å². The van der Waals surface area contributed by atoms with Crippen molar-refractivity contribution in [2.45, 2.75) is 0 Å². The molecule has 1 rings (SSSR count). The van der Waals surface area contributed by atoms with E-state index in [0.717, 1.165) is 6.08 Å². The van der Waals surface area contributed by atoms with Gasteiger partial charge in [0.1, 0.15) is 0 Å². The minimum Gasteiger partial charge on any atom is -0.776 e. The molecule has 0 spiro atoms. The molecule has 1 aromatic rings. The van der Waals surface area contributed by atoms with Crippen LogP contribution in [0.2, 0.25) is 0 Å². The van der Waals surface area contributed by atoms with Crippen LogP contribution >= 0.6 is 7.60 Å². The Kier molecular flexibility index (Phi) is 7.66. The van der Waals surface area contributed by atoms with Crippen molar-refractivity contribution >= 4 is 13.5 Å². The Morgan fingerprint density at radius 2 is 1.94 bits per heavy atom. The van der Waals surface area contributed by atoms with Gasteiger partial charge in [0.2, 0.25) is 0 Å². The van der Waals surface area contributed by atoms with Gasteiger partial charge in [0.05, 0.1) is 6.54 Å². The van der Waals surface area contributed by atoms with Crippen LogP contribution < -0.4 is 34.5 Å². The fraction of sp³-hybridized carbons (Fsp3) is 0.100. The Hall–Kier alpha value is -0.460. The van der Waals surface area contributed by atoms with Gasteiger partial charge in [0, 0.05) is 5.56 Å². The van der Waals surface area contributed by atoms with Crippen LogP contribution in [0.4, 0.5) is 0 Å². The topological polar surface area (TPSA) is 101 Å². The largest absolute Gasteiger partial charge is 1.00 e. The van der Waals surface area contributed by atoms with Gasteiger partial charge < -0.3 is 14.4 Å². The molecule has 1 atom stereocenters. The molecule has 0 aliphatic carbocycles. The number of hydrogen-bond acceptors (Lipinski definition) is 4. The summed E-state index contributed by atoms with van der Waals surface area (Å²) in [7, 11) is -4.50. The molecule has 0 fully saturated rings. The second kappa shape index (κ2) is 7.86. The number of nitrogens with zero attached hydrogens (tertiary/aromatic N) is 1. The number of hydrogen-bond donors (Lipinski definition) is 2. The van der Waals surface area contributed by atoms with Crippen LogP contribution in [0.15, 0.2) is 42.2 Å². The molecule has 18 heavy (non-hydrogen) atoms. The van der Waals surface area contributed by atoms with Crippen molar-refractivity contribution in [2.24, 2.45) is 0 Å². The SMILES string of the molecule is O=C(c1ccccc1)N(O)C/C=C/P(=O)([O-])O.[Na+]. The van der Waals surface area contributed by atoms with Crippen LogP contribution in [0.25, 0.3) is 0 Å². The van der Waals surface area contributed by atoms with E-state index >= 15 is 0 Å². The minimum absolute atomic E-state index is 0. The van der Waals surface area contributed by atoms with Gasteiger partial charge in [-0.1, -0.05) is 24.3 Å². The third kappa shape index (κ3) is 6.47. The molecule has 0 aliphatic rings. The van der Waals surface area contributed by atoms with Gasteiger partial charge in [-0.25, -0.2) is 5.06 Å². The van der Waals surface area contributed by atoms with Crippen LogP contribution in [0.1, 0.15) is 10.4 Å². The Morgan fingerprint density at radius 3 is 2.44 bits per heavy atom. The van der Waals surface area contributed by atoms with Crippen molar-refractivity contribution < 1.29 is 53.9 Å². The maximum atomic E-state index is 11.5. The standard InChI is InChI=1S/C10H12NO5P.Na/c12-10(9-5-2-1-3-6-9)11(13)7-4-8-17(14,15)16;/h1-6,8,13H,7H2,(H2,14,15,16);/q;+1/p-1/b8-4+;. The Morgan fingerprint density at radius 1 is 1.39 bits per heavy atom. The van der Waals surface area contributed by atoms with Gasteiger partial charge in [-0.3, -0.25) is 10.0 Å². The maximum Gasteiger partial charge on any atom is 1.00 e. The zero-order chi connectivity index (χ0) is 12.9. The quantitative estimate of drug-likeness (QED) is 0.276. The monoisotopic (exact) mass is 279 g/mol. The van der Waals surface area contributed by atoms with Gasteiger partial charge in [-0.15, -0.1) is 0 Å². The molecule has 0 saturated carbocycles. The maximum absolute atomic E-state index is 11.5. The molecule has 1 aromatic carbocycles. The summed E-state index contributed by atoms with van der Waals surface area (Å²) >= 11 is 0. The Bertz CT molecular complexity index is 459. The average Bonchev–Trinajstić information content (AvgIpc) is 2.27. The molecule has 0 heterocycles. The fourth-order valence-electron chi connectivity index (χ4n) is 1.09. The first-order valence-electron chi connectivity index (χ1n) is 4.67. The predicted octanol–water partition coefficient (Wildman–Crippen LogP) is -2.42. The molecule has 6 nitrogen and oxygen atoms in total. The molecule has 0 saturated heterocycles. The zero-order valence-electron chi connectivity index (χ0n) is 9.76. The van der Waals surface area contributed by atoms with Gasteiger partial charge in [0.15, 0.2) is 7.60 Å². The van der Waals surface area contributed by atoms with Gasteiger partial charge in [-0.05, 0) is 17.9 Å². The summed E-state index contributed by atoms with van der Waals surface area (Å²) in [6.07, 6.45) is 0.967. The molecule has 0 bridgehead atoms. The summed E-state index contributed by atoms with van der Waals surface area (Å²) in [6, 6.07) is 8.02. The Balaban J connectivity index is 0.00000289. The van der Waals surface area contributed by atoms with Gasteiger partial charge >= 0.3 is 29.6 Å². The van der Waals surface area contributed by atoms with Crippen molar-refractivity contribution in [3.05, 3.63) is 47.8 Å². The summed E-state index contributed by atoms with van der Waals surface area (Å²) in [6.45, 7) is -0.333. The molecule has 1 unspecified atom stereocenters. The summed E-state index contributed by atoms with van der Waals surface area (Å²) in [5.41, 5.74) is 0.276. The summed E-state index contributed by atoms with van der Waals surface area (Å²) in [4.78, 5) is 30.3. The van der Waals surface area contributed by atoms with Gasteiger partial charge in [-0.2, -0.15) is 0 Å². The first-order chi connectivity index (χ1) is 7.90. The van der Waals surface area contributed by atoms with E-state index in [-0.39, 0.29) is 41.7 Å². The minimum atomic E-state index is -4.50. The smallest absolute Gasteiger partial charge is 0.776 e. The van der Waals surface area contributed by atoms with E-state index in [0.29, 0.717) is 10.9 Å². The molecular formula is C10H11NNaO5P. The molecule has 0 radical (unpaired) electrons. The molecule has 2 N–H and O–H groups in total. The third-order valence-electron chi connectivity index (χ3n) is 1.83.